The highest BCUT2D eigenvalue weighted by Gasteiger charge is 2.08. The van der Waals surface area contributed by atoms with E-state index in [2.05, 4.69) is 4.98 Å². The van der Waals surface area contributed by atoms with E-state index in [-0.39, 0.29) is 5.56 Å². The molecule has 3 rings (SSSR count). The zero-order chi connectivity index (χ0) is 12.5. The van der Waals surface area contributed by atoms with Crippen LogP contribution in [-0.4, -0.2) is 9.55 Å². The first-order chi connectivity index (χ1) is 8.77. The maximum Gasteiger partial charge on any atom is 0.277 e. The predicted octanol–water partition coefficient (Wildman–Crippen LogP) is 2.69. The van der Waals surface area contributed by atoms with Gasteiger partial charge in [0.1, 0.15) is 5.69 Å². The van der Waals surface area contributed by atoms with Gasteiger partial charge in [-0.3, -0.25) is 9.36 Å². The molecule has 1 aromatic heterocycles. The normalized spacial score (nSPS) is 10.7. The minimum absolute atomic E-state index is 0.0695. The van der Waals surface area contributed by atoms with Crippen LogP contribution < -0.4 is 5.56 Å². The van der Waals surface area contributed by atoms with Gasteiger partial charge >= 0.3 is 0 Å². The van der Waals surface area contributed by atoms with Crippen LogP contribution in [0.5, 0.6) is 0 Å². The SMILES string of the molecule is Cc1nc2ccccc2n(-c2ccccc2)c1=O. The summed E-state index contributed by atoms with van der Waals surface area (Å²) in [5.41, 5.74) is 2.97. The van der Waals surface area contributed by atoms with Crippen molar-refractivity contribution in [1.29, 1.82) is 0 Å². The minimum Gasteiger partial charge on any atom is -0.274 e. The van der Waals surface area contributed by atoms with Gasteiger partial charge in [-0.15, -0.1) is 0 Å². The molecule has 0 atom stereocenters. The molecule has 0 spiro atoms. The first-order valence-corrected chi connectivity index (χ1v) is 5.81. The third-order valence-corrected chi connectivity index (χ3v) is 2.94. The number of aryl methyl sites for hydroxylation is 1. The van der Waals surface area contributed by atoms with Crippen LogP contribution >= 0.6 is 0 Å². The molecule has 3 aromatic rings. The fourth-order valence-corrected chi connectivity index (χ4v) is 2.08. The summed E-state index contributed by atoms with van der Waals surface area (Å²) >= 11 is 0. The van der Waals surface area contributed by atoms with Crippen LogP contribution in [-0.2, 0) is 0 Å². The minimum atomic E-state index is -0.0695. The number of hydrogen-bond donors (Lipinski definition) is 0. The Morgan fingerprint density at radius 1 is 0.944 bits per heavy atom. The Bertz CT molecular complexity index is 760. The number of fused-ring (bicyclic) bond motifs is 1. The highest BCUT2D eigenvalue weighted by Crippen LogP contribution is 2.14. The fourth-order valence-electron chi connectivity index (χ4n) is 2.08. The van der Waals surface area contributed by atoms with Gasteiger partial charge in [0, 0.05) is 5.69 Å². The smallest absolute Gasteiger partial charge is 0.274 e. The van der Waals surface area contributed by atoms with E-state index in [4.69, 9.17) is 0 Å². The van der Waals surface area contributed by atoms with Gasteiger partial charge in [-0.05, 0) is 31.2 Å². The maximum atomic E-state index is 12.3. The summed E-state index contributed by atoms with van der Waals surface area (Å²) in [6.07, 6.45) is 0. The average Bonchev–Trinajstić information content (AvgIpc) is 2.41. The van der Waals surface area contributed by atoms with Gasteiger partial charge in [-0.2, -0.15) is 0 Å². The molecule has 0 saturated carbocycles. The Balaban J connectivity index is 2.47. The van der Waals surface area contributed by atoms with E-state index in [1.54, 1.807) is 11.5 Å². The molecular formula is C15H12N2O. The molecule has 0 aliphatic rings. The van der Waals surface area contributed by atoms with Crippen molar-refractivity contribution in [3.63, 3.8) is 0 Å². The highest BCUT2D eigenvalue weighted by atomic mass is 16.1. The summed E-state index contributed by atoms with van der Waals surface area (Å²) in [6, 6.07) is 17.3. The van der Waals surface area contributed by atoms with Gasteiger partial charge in [0.05, 0.1) is 11.0 Å². The maximum absolute atomic E-state index is 12.3. The lowest BCUT2D eigenvalue weighted by molar-refractivity contribution is 0.980. The summed E-state index contributed by atoms with van der Waals surface area (Å²) in [4.78, 5) is 16.6. The van der Waals surface area contributed by atoms with Crippen LogP contribution in [0.1, 0.15) is 5.69 Å². The van der Waals surface area contributed by atoms with Crippen LogP contribution in [0.15, 0.2) is 59.4 Å². The Hall–Kier alpha value is -2.42. The molecule has 0 aliphatic carbocycles. The molecule has 0 fully saturated rings. The van der Waals surface area contributed by atoms with E-state index in [0.29, 0.717) is 5.69 Å². The summed E-state index contributed by atoms with van der Waals surface area (Å²) in [5.74, 6) is 0. The molecule has 0 unspecified atom stereocenters. The van der Waals surface area contributed by atoms with Gasteiger partial charge in [0.15, 0.2) is 0 Å². The van der Waals surface area contributed by atoms with Crippen molar-refractivity contribution in [1.82, 2.24) is 9.55 Å². The molecular weight excluding hydrogens is 224 g/mol. The fraction of sp³-hybridized carbons (Fsp3) is 0.0667. The van der Waals surface area contributed by atoms with Crippen LogP contribution in [0, 0.1) is 6.92 Å². The molecule has 1 heterocycles. The van der Waals surface area contributed by atoms with Crippen molar-refractivity contribution in [2.45, 2.75) is 6.92 Å². The third-order valence-electron chi connectivity index (χ3n) is 2.94. The molecule has 0 radical (unpaired) electrons. The number of benzene rings is 2. The summed E-state index contributed by atoms with van der Waals surface area (Å²) in [5, 5.41) is 0. The number of nitrogens with zero attached hydrogens (tertiary/aromatic N) is 2. The van der Waals surface area contributed by atoms with E-state index < -0.39 is 0 Å². The standard InChI is InChI=1S/C15H12N2O/c1-11-15(18)17(12-7-3-2-4-8-12)14-10-6-5-9-13(14)16-11/h2-10H,1H3. The monoisotopic (exact) mass is 236 g/mol. The number of hydrogen-bond acceptors (Lipinski definition) is 2. The second-order valence-corrected chi connectivity index (χ2v) is 4.16. The van der Waals surface area contributed by atoms with Gasteiger partial charge in [0.2, 0.25) is 0 Å². The lowest BCUT2D eigenvalue weighted by Gasteiger charge is -2.10. The molecule has 0 amide bonds. The predicted molar refractivity (Wildman–Crippen MR) is 72.1 cm³/mol. The van der Waals surface area contributed by atoms with Gasteiger partial charge in [-0.1, -0.05) is 30.3 Å². The molecule has 88 valence electrons. The molecule has 0 saturated heterocycles. The lowest BCUT2D eigenvalue weighted by Crippen LogP contribution is -2.22. The molecule has 0 bridgehead atoms. The van der Waals surface area contributed by atoms with Gasteiger partial charge in [0.25, 0.3) is 5.56 Å². The first-order valence-electron chi connectivity index (χ1n) is 5.81. The van der Waals surface area contributed by atoms with Crippen molar-refractivity contribution >= 4 is 11.0 Å². The van der Waals surface area contributed by atoms with Gasteiger partial charge in [-0.25, -0.2) is 4.98 Å². The van der Waals surface area contributed by atoms with E-state index in [1.807, 2.05) is 54.6 Å². The van der Waals surface area contributed by atoms with Crippen molar-refractivity contribution < 1.29 is 0 Å². The Morgan fingerprint density at radius 2 is 1.61 bits per heavy atom. The number of rotatable bonds is 1. The second kappa shape index (κ2) is 4.11. The van der Waals surface area contributed by atoms with Crippen LogP contribution in [0.2, 0.25) is 0 Å². The van der Waals surface area contributed by atoms with E-state index >= 15 is 0 Å². The molecule has 0 N–H and O–H groups in total. The molecule has 3 heteroatoms. The zero-order valence-corrected chi connectivity index (χ0v) is 10.00. The Labute approximate surface area is 104 Å². The zero-order valence-electron chi connectivity index (χ0n) is 10.00. The van der Waals surface area contributed by atoms with Crippen molar-refractivity contribution in [2.75, 3.05) is 0 Å². The number of aromatic nitrogens is 2. The lowest BCUT2D eigenvalue weighted by atomic mass is 10.2. The topological polar surface area (TPSA) is 34.9 Å². The van der Waals surface area contributed by atoms with Crippen molar-refractivity contribution in [2.24, 2.45) is 0 Å². The Kier molecular flexibility index (Phi) is 2.45. The molecule has 18 heavy (non-hydrogen) atoms. The largest absolute Gasteiger partial charge is 0.277 e. The van der Waals surface area contributed by atoms with E-state index in [1.165, 1.54) is 0 Å². The summed E-state index contributed by atoms with van der Waals surface area (Å²) in [7, 11) is 0. The van der Waals surface area contributed by atoms with Gasteiger partial charge < -0.3 is 0 Å². The summed E-state index contributed by atoms with van der Waals surface area (Å²) < 4.78 is 1.71. The summed E-state index contributed by atoms with van der Waals surface area (Å²) in [6.45, 7) is 1.74. The number of para-hydroxylation sites is 3. The third kappa shape index (κ3) is 1.61. The average molecular weight is 236 g/mol. The van der Waals surface area contributed by atoms with E-state index in [9.17, 15) is 4.79 Å². The quantitative estimate of drug-likeness (QED) is 0.651. The first kappa shape index (κ1) is 10.7. The van der Waals surface area contributed by atoms with Crippen LogP contribution in [0.3, 0.4) is 0 Å². The molecule has 2 aromatic carbocycles. The van der Waals surface area contributed by atoms with Crippen molar-refractivity contribution in [3.8, 4) is 5.69 Å². The molecule has 0 aliphatic heterocycles. The van der Waals surface area contributed by atoms with E-state index in [0.717, 1.165) is 16.7 Å². The van der Waals surface area contributed by atoms with Crippen LogP contribution in [0.25, 0.3) is 16.7 Å². The van der Waals surface area contributed by atoms with Crippen molar-refractivity contribution in [3.05, 3.63) is 70.6 Å². The Morgan fingerprint density at radius 3 is 2.39 bits per heavy atom. The molecule has 3 nitrogen and oxygen atoms in total. The van der Waals surface area contributed by atoms with Crippen LogP contribution in [0.4, 0.5) is 0 Å². The second-order valence-electron chi connectivity index (χ2n) is 4.16. The highest BCUT2D eigenvalue weighted by molar-refractivity contribution is 5.76.